The Bertz CT molecular complexity index is 1210. The maximum absolute atomic E-state index is 12.8. The molecule has 1 aromatic carbocycles. The number of carbonyl (C=O) groups is 1. The molecule has 10 nitrogen and oxygen atoms in total. The highest BCUT2D eigenvalue weighted by molar-refractivity contribution is 5.92. The molecule has 0 atom stereocenters. The van der Waals surface area contributed by atoms with Crippen molar-refractivity contribution >= 4 is 17.8 Å². The zero-order chi connectivity index (χ0) is 24.9. The summed E-state index contributed by atoms with van der Waals surface area (Å²) in [5, 5.41) is 0. The summed E-state index contributed by atoms with van der Waals surface area (Å²) < 4.78 is 18.1. The number of piperazine rings is 1. The number of anilines is 1. The smallest absolute Gasteiger partial charge is 0.246 e. The first-order valence-corrected chi connectivity index (χ1v) is 11.3. The highest BCUT2D eigenvalue weighted by atomic mass is 16.5. The van der Waals surface area contributed by atoms with Crippen LogP contribution in [0.3, 0.4) is 0 Å². The van der Waals surface area contributed by atoms with Crippen LogP contribution in [0.5, 0.6) is 17.2 Å². The van der Waals surface area contributed by atoms with Crippen molar-refractivity contribution in [2.24, 2.45) is 0 Å². The van der Waals surface area contributed by atoms with Crippen LogP contribution in [-0.4, -0.2) is 77.8 Å². The zero-order valence-electron chi connectivity index (χ0n) is 20.7. The maximum atomic E-state index is 12.8. The number of nitrogens with zero attached hydrogens (tertiary/aromatic N) is 6. The molecule has 0 radical (unpaired) electrons. The number of aryl methyl sites for hydroxylation is 1. The molecule has 2 aromatic heterocycles. The molecular formula is C25H30N6O4. The molecule has 35 heavy (non-hydrogen) atoms. The normalized spacial score (nSPS) is 13.9. The average molecular weight is 479 g/mol. The minimum absolute atomic E-state index is 0.0497. The molecule has 4 rings (SSSR count). The van der Waals surface area contributed by atoms with Gasteiger partial charge >= 0.3 is 0 Å². The first kappa shape index (κ1) is 24.1. The van der Waals surface area contributed by atoms with Crippen LogP contribution in [0.2, 0.25) is 0 Å². The van der Waals surface area contributed by atoms with Crippen molar-refractivity contribution in [1.29, 1.82) is 0 Å². The van der Waals surface area contributed by atoms with Crippen molar-refractivity contribution < 1.29 is 19.0 Å². The Morgan fingerprint density at radius 1 is 0.886 bits per heavy atom. The third-order valence-electron chi connectivity index (χ3n) is 6.16. The number of methoxy groups -OCH3 is 3. The van der Waals surface area contributed by atoms with E-state index in [1.54, 1.807) is 58.3 Å². The van der Waals surface area contributed by atoms with Crippen molar-refractivity contribution in [2.75, 3.05) is 52.4 Å². The van der Waals surface area contributed by atoms with Crippen LogP contribution in [0.4, 0.5) is 5.82 Å². The van der Waals surface area contributed by atoms with E-state index in [0.29, 0.717) is 43.4 Å². The number of carbonyl (C=O) groups excluding carboxylic acids is 1. The number of benzene rings is 1. The van der Waals surface area contributed by atoms with Gasteiger partial charge in [0.25, 0.3) is 0 Å². The monoisotopic (exact) mass is 478 g/mol. The Hall–Kier alpha value is -4.08. The standard InChI is InChI=1S/C25H30N6O4/c1-17-18(2)31(16-28-17)23-14-22(26-15-27-23)29-8-10-30(11-9-29)24(32)7-6-19-12-20(33-3)25(35-5)21(13-19)34-4/h6-7,12-16H,8-11H2,1-5H3/b7-6+. The summed E-state index contributed by atoms with van der Waals surface area (Å²) in [5.41, 5.74) is 2.80. The van der Waals surface area contributed by atoms with Crippen molar-refractivity contribution in [3.8, 4) is 23.1 Å². The van der Waals surface area contributed by atoms with Gasteiger partial charge in [-0.1, -0.05) is 0 Å². The van der Waals surface area contributed by atoms with Gasteiger partial charge in [-0.05, 0) is 37.6 Å². The predicted molar refractivity (Wildman–Crippen MR) is 133 cm³/mol. The molecule has 0 bridgehead atoms. The van der Waals surface area contributed by atoms with Crippen molar-refractivity contribution in [1.82, 2.24) is 24.4 Å². The number of hydrogen-bond acceptors (Lipinski definition) is 8. The first-order chi connectivity index (χ1) is 16.9. The molecule has 0 N–H and O–H groups in total. The average Bonchev–Trinajstić information content (AvgIpc) is 3.24. The van der Waals surface area contributed by atoms with E-state index in [1.165, 1.54) is 0 Å². The summed E-state index contributed by atoms with van der Waals surface area (Å²) in [7, 11) is 4.68. The lowest BCUT2D eigenvalue weighted by Crippen LogP contribution is -2.48. The van der Waals surface area contributed by atoms with Crippen LogP contribution in [0.25, 0.3) is 11.9 Å². The van der Waals surface area contributed by atoms with E-state index in [0.717, 1.165) is 28.6 Å². The SMILES string of the molecule is COc1cc(/C=C/C(=O)N2CCN(c3cc(-n4cnc(C)c4C)ncn3)CC2)cc(OC)c1OC. The van der Waals surface area contributed by atoms with Crippen LogP contribution in [-0.2, 0) is 4.79 Å². The third-order valence-corrected chi connectivity index (χ3v) is 6.16. The van der Waals surface area contributed by atoms with Crippen molar-refractivity contribution in [2.45, 2.75) is 13.8 Å². The molecule has 3 aromatic rings. The number of imidazole rings is 1. The Morgan fingerprint density at radius 2 is 1.54 bits per heavy atom. The number of aromatic nitrogens is 4. The van der Waals surface area contributed by atoms with Gasteiger partial charge in [0.15, 0.2) is 11.5 Å². The van der Waals surface area contributed by atoms with Crippen LogP contribution in [0.15, 0.2) is 36.9 Å². The third kappa shape index (κ3) is 5.06. The van der Waals surface area contributed by atoms with Gasteiger partial charge in [0, 0.05) is 44.0 Å². The van der Waals surface area contributed by atoms with Crippen molar-refractivity contribution in [3.63, 3.8) is 0 Å². The summed E-state index contributed by atoms with van der Waals surface area (Å²) in [5.74, 6) is 3.16. The van der Waals surface area contributed by atoms with E-state index in [4.69, 9.17) is 14.2 Å². The quantitative estimate of drug-likeness (QED) is 0.479. The van der Waals surface area contributed by atoms with E-state index in [2.05, 4.69) is 19.9 Å². The summed E-state index contributed by atoms with van der Waals surface area (Å²) in [6, 6.07) is 5.56. The topological polar surface area (TPSA) is 94.8 Å². The number of hydrogen-bond donors (Lipinski definition) is 0. The minimum Gasteiger partial charge on any atom is -0.493 e. The van der Waals surface area contributed by atoms with Gasteiger partial charge in [0.2, 0.25) is 11.7 Å². The van der Waals surface area contributed by atoms with Crippen LogP contribution in [0.1, 0.15) is 17.0 Å². The maximum Gasteiger partial charge on any atom is 0.246 e. The number of amides is 1. The second-order valence-electron chi connectivity index (χ2n) is 8.12. The number of ether oxygens (including phenoxy) is 3. The fourth-order valence-corrected chi connectivity index (χ4v) is 4.00. The molecule has 0 unspecified atom stereocenters. The summed E-state index contributed by atoms with van der Waals surface area (Å²) in [6.07, 6.45) is 6.67. The molecule has 1 saturated heterocycles. The van der Waals surface area contributed by atoms with Gasteiger partial charge in [-0.25, -0.2) is 15.0 Å². The second kappa shape index (κ2) is 10.5. The molecule has 1 amide bonds. The zero-order valence-corrected chi connectivity index (χ0v) is 20.7. The van der Waals surface area contributed by atoms with Gasteiger partial charge in [-0.3, -0.25) is 9.36 Å². The second-order valence-corrected chi connectivity index (χ2v) is 8.12. The fraction of sp³-hybridized carbons (Fsp3) is 0.360. The van der Waals surface area contributed by atoms with E-state index in [1.807, 2.05) is 29.4 Å². The van der Waals surface area contributed by atoms with E-state index in [9.17, 15) is 4.79 Å². The summed E-state index contributed by atoms with van der Waals surface area (Å²) in [6.45, 7) is 6.55. The summed E-state index contributed by atoms with van der Waals surface area (Å²) >= 11 is 0. The van der Waals surface area contributed by atoms with E-state index >= 15 is 0 Å². The Balaban J connectivity index is 1.40. The molecule has 0 spiro atoms. The van der Waals surface area contributed by atoms with Gasteiger partial charge in [0.05, 0.1) is 27.0 Å². The lowest BCUT2D eigenvalue weighted by Gasteiger charge is -2.35. The molecule has 1 aliphatic heterocycles. The van der Waals surface area contributed by atoms with Gasteiger partial charge < -0.3 is 24.0 Å². The Morgan fingerprint density at radius 3 is 2.11 bits per heavy atom. The van der Waals surface area contributed by atoms with Gasteiger partial charge in [-0.15, -0.1) is 0 Å². The summed E-state index contributed by atoms with van der Waals surface area (Å²) in [4.78, 5) is 30.0. The predicted octanol–water partition coefficient (Wildman–Crippen LogP) is 2.67. The largest absolute Gasteiger partial charge is 0.493 e. The number of rotatable bonds is 7. The van der Waals surface area contributed by atoms with E-state index < -0.39 is 0 Å². The molecule has 0 saturated carbocycles. The molecule has 184 valence electrons. The first-order valence-electron chi connectivity index (χ1n) is 11.3. The minimum atomic E-state index is -0.0497. The Labute approximate surface area is 204 Å². The molecule has 3 heterocycles. The molecular weight excluding hydrogens is 448 g/mol. The Kier molecular flexibility index (Phi) is 7.19. The molecule has 1 aliphatic rings. The van der Waals surface area contributed by atoms with E-state index in [-0.39, 0.29) is 5.91 Å². The molecule has 10 heteroatoms. The molecule has 1 fully saturated rings. The van der Waals surface area contributed by atoms with Crippen LogP contribution < -0.4 is 19.1 Å². The lowest BCUT2D eigenvalue weighted by atomic mass is 10.1. The van der Waals surface area contributed by atoms with Crippen LogP contribution >= 0.6 is 0 Å². The van der Waals surface area contributed by atoms with Crippen molar-refractivity contribution in [3.05, 3.63) is 53.9 Å². The van der Waals surface area contributed by atoms with Gasteiger partial charge in [-0.2, -0.15) is 0 Å². The fourth-order valence-electron chi connectivity index (χ4n) is 4.00. The highest BCUT2D eigenvalue weighted by Gasteiger charge is 2.21. The van der Waals surface area contributed by atoms with Gasteiger partial charge in [0.1, 0.15) is 24.3 Å². The lowest BCUT2D eigenvalue weighted by molar-refractivity contribution is -0.126. The molecule has 0 aliphatic carbocycles. The van der Waals surface area contributed by atoms with Crippen LogP contribution in [0, 0.1) is 13.8 Å². The highest BCUT2D eigenvalue weighted by Crippen LogP contribution is 2.38.